The van der Waals surface area contributed by atoms with Crippen molar-refractivity contribution >= 4 is 23.5 Å². The fraction of sp³-hybridized carbons (Fsp3) is 0.483. The molecule has 0 aliphatic carbocycles. The third kappa shape index (κ3) is 7.31. The fourth-order valence-electron chi connectivity index (χ4n) is 4.82. The Hall–Kier alpha value is -3.46. The Kier molecular flexibility index (Phi) is 8.35. The second-order valence-electron chi connectivity index (χ2n) is 11.0. The molecule has 38 heavy (non-hydrogen) atoms. The summed E-state index contributed by atoms with van der Waals surface area (Å²) >= 11 is 0. The van der Waals surface area contributed by atoms with E-state index in [0.717, 1.165) is 22.4 Å². The molecule has 1 fully saturated rings. The lowest BCUT2D eigenvalue weighted by atomic mass is 10.0. The maximum absolute atomic E-state index is 14.0. The third-order valence-electron chi connectivity index (χ3n) is 6.68. The van der Waals surface area contributed by atoms with Crippen molar-refractivity contribution in [3.63, 3.8) is 0 Å². The van der Waals surface area contributed by atoms with Crippen molar-refractivity contribution in [2.45, 2.75) is 57.8 Å². The van der Waals surface area contributed by atoms with Gasteiger partial charge in [0.05, 0.1) is 18.9 Å². The largest absolute Gasteiger partial charge is 0.482 e. The summed E-state index contributed by atoms with van der Waals surface area (Å²) in [6.07, 6.45) is 0.117. The molecule has 0 saturated carbocycles. The van der Waals surface area contributed by atoms with Gasteiger partial charge in [0.15, 0.2) is 6.61 Å². The number of ether oxygens (including phenoxy) is 2. The minimum Gasteiger partial charge on any atom is -0.482 e. The molecule has 2 aliphatic rings. The first-order valence-electron chi connectivity index (χ1n) is 12.9. The van der Waals surface area contributed by atoms with Gasteiger partial charge in [0.25, 0.3) is 0 Å². The molecular weight excluding hydrogens is 489 g/mol. The minimum atomic E-state index is -0.873. The molecule has 1 N–H and O–H groups in total. The number of anilines is 1. The summed E-state index contributed by atoms with van der Waals surface area (Å²) in [4.78, 5) is 40.9. The van der Waals surface area contributed by atoms with Crippen LogP contribution < -0.4 is 10.1 Å². The van der Waals surface area contributed by atoms with Gasteiger partial charge in [-0.2, -0.15) is 0 Å². The number of likely N-dealkylation sites (N-methyl/N-ethyl adjacent to an activating group) is 1. The zero-order valence-corrected chi connectivity index (χ0v) is 22.5. The second-order valence-corrected chi connectivity index (χ2v) is 11.0. The van der Waals surface area contributed by atoms with E-state index in [1.165, 1.54) is 0 Å². The first-order chi connectivity index (χ1) is 18.0. The van der Waals surface area contributed by atoms with Gasteiger partial charge >= 0.3 is 5.97 Å². The molecule has 0 unspecified atom stereocenters. The van der Waals surface area contributed by atoms with Crippen LogP contribution in [0.5, 0.6) is 5.75 Å². The SMILES string of the molecule is CN(C(=O)Cc1ccc2c(c1)NC(=O)C2)[C@H](CN1CC[C@H](F)C1)c1cccc(OCC(=O)OC(C)(C)C)c1. The normalized spacial score (nSPS) is 18.0. The summed E-state index contributed by atoms with van der Waals surface area (Å²) in [5.41, 5.74) is 2.70. The highest BCUT2D eigenvalue weighted by atomic mass is 19.1. The molecule has 2 aliphatic heterocycles. The quantitative estimate of drug-likeness (QED) is 0.503. The van der Waals surface area contributed by atoms with E-state index in [0.29, 0.717) is 38.2 Å². The predicted octanol–water partition coefficient (Wildman–Crippen LogP) is 3.69. The van der Waals surface area contributed by atoms with Crippen LogP contribution in [0.3, 0.4) is 0 Å². The van der Waals surface area contributed by atoms with Crippen LogP contribution in [-0.2, 0) is 32.0 Å². The Labute approximate surface area is 223 Å². The van der Waals surface area contributed by atoms with Crippen LogP contribution in [0.25, 0.3) is 0 Å². The number of fused-ring (bicyclic) bond motifs is 1. The molecule has 0 aromatic heterocycles. The van der Waals surface area contributed by atoms with E-state index in [-0.39, 0.29) is 30.9 Å². The smallest absolute Gasteiger partial charge is 0.344 e. The molecule has 1 saturated heterocycles. The molecule has 2 aromatic carbocycles. The third-order valence-corrected chi connectivity index (χ3v) is 6.68. The molecule has 0 spiro atoms. The van der Waals surface area contributed by atoms with Crippen molar-refractivity contribution < 1.29 is 28.2 Å². The van der Waals surface area contributed by atoms with E-state index in [1.807, 2.05) is 41.3 Å². The van der Waals surface area contributed by atoms with Gasteiger partial charge < -0.3 is 19.7 Å². The monoisotopic (exact) mass is 525 g/mol. The van der Waals surface area contributed by atoms with E-state index in [2.05, 4.69) is 5.32 Å². The van der Waals surface area contributed by atoms with Crippen LogP contribution >= 0.6 is 0 Å². The number of hydrogen-bond donors (Lipinski definition) is 1. The highest BCUT2D eigenvalue weighted by Crippen LogP contribution is 2.29. The summed E-state index contributed by atoms with van der Waals surface area (Å²) in [6, 6.07) is 12.5. The number of likely N-dealkylation sites (tertiary alicyclic amines) is 1. The number of amides is 2. The standard InChI is InChI=1S/C29H36FN3O5/c1-29(2,3)38-28(36)18-37-23-7-5-6-21(14-23)25(17-33-11-10-22(30)16-33)32(4)27(35)13-19-8-9-20-15-26(34)31-24(20)12-19/h5-9,12,14,22,25H,10-11,13,15-18H2,1-4H3,(H,31,34)/t22-,25+/m0/s1. The minimum absolute atomic E-state index is 0.0498. The molecular formula is C29H36FN3O5. The fourth-order valence-corrected chi connectivity index (χ4v) is 4.82. The number of carbonyl (C=O) groups excluding carboxylic acids is 3. The van der Waals surface area contributed by atoms with Gasteiger partial charge in [-0.15, -0.1) is 0 Å². The number of nitrogens with one attached hydrogen (secondary N) is 1. The van der Waals surface area contributed by atoms with Crippen molar-refractivity contribution in [2.24, 2.45) is 0 Å². The molecule has 2 heterocycles. The molecule has 8 nitrogen and oxygen atoms in total. The number of rotatable bonds is 9. The number of hydrogen-bond acceptors (Lipinski definition) is 6. The average molecular weight is 526 g/mol. The number of esters is 1. The van der Waals surface area contributed by atoms with Crippen LogP contribution in [0.1, 0.15) is 49.9 Å². The van der Waals surface area contributed by atoms with Crippen molar-refractivity contribution in [3.05, 3.63) is 59.2 Å². The zero-order valence-electron chi connectivity index (χ0n) is 22.5. The Morgan fingerprint density at radius 3 is 2.71 bits per heavy atom. The maximum Gasteiger partial charge on any atom is 0.344 e. The van der Waals surface area contributed by atoms with Crippen molar-refractivity contribution in [3.8, 4) is 5.75 Å². The first-order valence-corrected chi connectivity index (χ1v) is 12.9. The second kappa shape index (κ2) is 11.5. The van der Waals surface area contributed by atoms with Gasteiger partial charge in [-0.1, -0.05) is 24.3 Å². The Morgan fingerprint density at radius 2 is 2.00 bits per heavy atom. The number of alkyl halides is 1. The Balaban J connectivity index is 1.49. The summed E-state index contributed by atoms with van der Waals surface area (Å²) in [5.74, 6) is -0.136. The molecule has 2 atom stereocenters. The van der Waals surface area contributed by atoms with Crippen LogP contribution in [0.2, 0.25) is 0 Å². The zero-order chi connectivity index (χ0) is 27.4. The summed E-state index contributed by atoms with van der Waals surface area (Å²) in [7, 11) is 1.75. The molecule has 2 aromatic rings. The summed E-state index contributed by atoms with van der Waals surface area (Å²) in [5, 5.41) is 2.83. The Morgan fingerprint density at radius 1 is 1.21 bits per heavy atom. The molecule has 2 amide bonds. The van der Waals surface area contributed by atoms with E-state index < -0.39 is 17.7 Å². The van der Waals surface area contributed by atoms with Gasteiger partial charge in [-0.3, -0.25) is 14.5 Å². The summed E-state index contributed by atoms with van der Waals surface area (Å²) < 4.78 is 25.0. The van der Waals surface area contributed by atoms with Gasteiger partial charge in [0.1, 0.15) is 17.5 Å². The number of nitrogens with zero attached hydrogens (tertiary/aromatic N) is 2. The Bertz CT molecular complexity index is 1190. The van der Waals surface area contributed by atoms with E-state index in [9.17, 15) is 18.8 Å². The lowest BCUT2D eigenvalue weighted by Gasteiger charge is -2.32. The van der Waals surface area contributed by atoms with Crippen LogP contribution in [-0.4, -0.2) is 72.6 Å². The van der Waals surface area contributed by atoms with Crippen LogP contribution in [0.15, 0.2) is 42.5 Å². The van der Waals surface area contributed by atoms with Gasteiger partial charge in [0.2, 0.25) is 11.8 Å². The maximum atomic E-state index is 14.0. The van der Waals surface area contributed by atoms with Crippen molar-refractivity contribution in [1.29, 1.82) is 0 Å². The van der Waals surface area contributed by atoms with E-state index >= 15 is 0 Å². The van der Waals surface area contributed by atoms with E-state index in [1.54, 1.807) is 38.8 Å². The summed E-state index contributed by atoms with van der Waals surface area (Å²) in [6.45, 7) is 6.58. The average Bonchev–Trinajstić information content (AvgIpc) is 3.43. The van der Waals surface area contributed by atoms with Gasteiger partial charge in [-0.25, -0.2) is 9.18 Å². The lowest BCUT2D eigenvalue weighted by molar-refractivity contribution is -0.157. The number of halogens is 1. The topological polar surface area (TPSA) is 88.2 Å². The highest BCUT2D eigenvalue weighted by Gasteiger charge is 2.29. The van der Waals surface area contributed by atoms with Crippen LogP contribution in [0.4, 0.5) is 10.1 Å². The van der Waals surface area contributed by atoms with Crippen LogP contribution in [0, 0.1) is 0 Å². The van der Waals surface area contributed by atoms with Crippen molar-refractivity contribution in [2.75, 3.05) is 38.6 Å². The molecule has 9 heteroatoms. The van der Waals surface area contributed by atoms with Gasteiger partial charge in [0, 0.05) is 32.4 Å². The molecule has 4 rings (SSSR count). The number of carbonyl (C=O) groups is 3. The molecule has 0 radical (unpaired) electrons. The van der Waals surface area contributed by atoms with Gasteiger partial charge in [-0.05, 0) is 62.1 Å². The molecule has 0 bridgehead atoms. The predicted molar refractivity (Wildman–Crippen MR) is 142 cm³/mol. The van der Waals surface area contributed by atoms with Crippen molar-refractivity contribution in [1.82, 2.24) is 9.80 Å². The first kappa shape index (κ1) is 27.6. The number of benzene rings is 2. The highest BCUT2D eigenvalue weighted by molar-refractivity contribution is 5.99. The lowest BCUT2D eigenvalue weighted by Crippen LogP contribution is -2.39. The van der Waals surface area contributed by atoms with E-state index in [4.69, 9.17) is 9.47 Å². The molecule has 204 valence electrons.